The van der Waals surface area contributed by atoms with Crippen LogP contribution >= 0.6 is 24.0 Å². The summed E-state index contributed by atoms with van der Waals surface area (Å²) in [6.07, 6.45) is 4.25. The molecule has 0 aromatic carbocycles. The predicted octanol–water partition coefficient (Wildman–Crippen LogP) is 1.06. The van der Waals surface area contributed by atoms with E-state index in [2.05, 4.69) is 27.3 Å². The lowest BCUT2D eigenvalue weighted by Crippen LogP contribution is -2.40. The van der Waals surface area contributed by atoms with E-state index in [0.717, 1.165) is 38.8 Å². The normalized spacial score (nSPS) is 27.2. The molecule has 3 N–H and O–H groups in total. The second-order valence-corrected chi connectivity index (χ2v) is 8.31. The Morgan fingerprint density at radius 2 is 2.08 bits per heavy atom. The molecular formula is C15H31IN4O3S. The first-order valence-corrected chi connectivity index (χ1v) is 10.3. The molecule has 9 heteroatoms. The Kier molecular flexibility index (Phi) is 9.83. The van der Waals surface area contributed by atoms with Crippen LogP contribution in [0.3, 0.4) is 0 Å². The Labute approximate surface area is 162 Å². The fraction of sp³-hybridized carbons (Fsp3) is 0.933. The highest BCUT2D eigenvalue weighted by Gasteiger charge is 2.33. The van der Waals surface area contributed by atoms with E-state index >= 15 is 0 Å². The molecule has 2 fully saturated rings. The zero-order chi connectivity index (χ0) is 16.7. The summed E-state index contributed by atoms with van der Waals surface area (Å²) in [5, 5.41) is 6.46. The summed E-state index contributed by atoms with van der Waals surface area (Å²) < 4.78 is 32.2. The smallest absolute Gasteiger partial charge is 0.213 e. The Morgan fingerprint density at radius 1 is 1.33 bits per heavy atom. The zero-order valence-electron chi connectivity index (χ0n) is 14.6. The van der Waals surface area contributed by atoms with Crippen molar-refractivity contribution in [3.05, 3.63) is 0 Å². The molecule has 3 unspecified atom stereocenters. The number of sulfonamides is 1. The minimum Gasteiger partial charge on any atom is -0.377 e. The van der Waals surface area contributed by atoms with Crippen molar-refractivity contribution in [2.75, 3.05) is 32.0 Å². The van der Waals surface area contributed by atoms with E-state index in [0.29, 0.717) is 24.5 Å². The highest BCUT2D eigenvalue weighted by molar-refractivity contribution is 14.0. The van der Waals surface area contributed by atoms with Crippen molar-refractivity contribution in [1.29, 1.82) is 0 Å². The van der Waals surface area contributed by atoms with Crippen LogP contribution in [0.2, 0.25) is 0 Å². The molecule has 142 valence electrons. The predicted molar refractivity (Wildman–Crippen MR) is 107 cm³/mol. The van der Waals surface area contributed by atoms with Gasteiger partial charge in [0.2, 0.25) is 10.0 Å². The van der Waals surface area contributed by atoms with Crippen LogP contribution in [-0.4, -0.2) is 58.5 Å². The van der Waals surface area contributed by atoms with Gasteiger partial charge in [0.05, 0.1) is 18.4 Å². The van der Waals surface area contributed by atoms with Gasteiger partial charge in [0, 0.05) is 25.7 Å². The van der Waals surface area contributed by atoms with Gasteiger partial charge in [-0.2, -0.15) is 0 Å². The Balaban J connectivity index is 0.00000288. The number of guanidine groups is 1. The molecule has 0 aromatic rings. The van der Waals surface area contributed by atoms with E-state index in [9.17, 15) is 8.42 Å². The van der Waals surface area contributed by atoms with Gasteiger partial charge >= 0.3 is 0 Å². The molecule has 1 saturated heterocycles. The first kappa shape index (κ1) is 21.9. The van der Waals surface area contributed by atoms with Crippen LogP contribution in [0.25, 0.3) is 0 Å². The molecular weight excluding hydrogens is 443 g/mol. The van der Waals surface area contributed by atoms with Crippen LogP contribution in [0.5, 0.6) is 0 Å². The molecule has 2 rings (SSSR count). The van der Waals surface area contributed by atoms with Gasteiger partial charge in [0.15, 0.2) is 5.96 Å². The maximum Gasteiger partial charge on any atom is 0.213 e. The van der Waals surface area contributed by atoms with Crippen molar-refractivity contribution in [2.45, 2.75) is 51.7 Å². The van der Waals surface area contributed by atoms with Crippen molar-refractivity contribution in [1.82, 2.24) is 15.4 Å². The third-order valence-corrected chi connectivity index (χ3v) is 5.54. The van der Waals surface area contributed by atoms with Crippen LogP contribution in [-0.2, 0) is 14.8 Å². The van der Waals surface area contributed by atoms with E-state index in [4.69, 9.17) is 4.74 Å². The van der Waals surface area contributed by atoms with Gasteiger partial charge in [0.1, 0.15) is 0 Å². The molecule has 24 heavy (non-hydrogen) atoms. The van der Waals surface area contributed by atoms with Gasteiger partial charge < -0.3 is 15.4 Å². The molecule has 7 nitrogen and oxygen atoms in total. The third kappa shape index (κ3) is 8.30. The third-order valence-electron chi connectivity index (χ3n) is 4.21. The van der Waals surface area contributed by atoms with Crippen molar-refractivity contribution in [3.63, 3.8) is 0 Å². The van der Waals surface area contributed by atoms with Gasteiger partial charge in [-0.3, -0.25) is 4.99 Å². The second-order valence-electron chi connectivity index (χ2n) is 6.38. The number of aliphatic imine (C=N–C) groups is 1. The average Bonchev–Trinajstić information content (AvgIpc) is 3.21. The Bertz CT molecular complexity index is 495. The minimum absolute atomic E-state index is 0. The van der Waals surface area contributed by atoms with E-state index in [1.165, 1.54) is 0 Å². The first-order chi connectivity index (χ1) is 11.0. The fourth-order valence-electron chi connectivity index (χ4n) is 2.56. The van der Waals surface area contributed by atoms with Gasteiger partial charge in [0.25, 0.3) is 0 Å². The van der Waals surface area contributed by atoms with E-state index in [-0.39, 0.29) is 42.4 Å². The van der Waals surface area contributed by atoms with Gasteiger partial charge in [-0.1, -0.05) is 6.92 Å². The molecule has 0 spiro atoms. The highest BCUT2D eigenvalue weighted by atomic mass is 127. The number of hydrogen-bond donors (Lipinski definition) is 3. The number of nitrogens with one attached hydrogen (secondary N) is 3. The van der Waals surface area contributed by atoms with Crippen LogP contribution in [0.4, 0.5) is 0 Å². The highest BCUT2D eigenvalue weighted by Crippen LogP contribution is 2.28. The average molecular weight is 474 g/mol. The monoisotopic (exact) mass is 474 g/mol. The number of rotatable bonds is 8. The SMILES string of the molecule is CCNC(=NCCS(=O)(=O)NCC1CCCCO1)NC1CC1C.I. The van der Waals surface area contributed by atoms with Crippen LogP contribution in [0.1, 0.15) is 39.5 Å². The minimum atomic E-state index is -3.31. The lowest BCUT2D eigenvalue weighted by molar-refractivity contribution is 0.0200. The number of nitrogens with zero attached hydrogens (tertiary/aromatic N) is 1. The van der Waals surface area contributed by atoms with Crippen molar-refractivity contribution in [2.24, 2.45) is 10.9 Å². The maximum absolute atomic E-state index is 12.0. The van der Waals surface area contributed by atoms with E-state index < -0.39 is 10.0 Å². The largest absolute Gasteiger partial charge is 0.377 e. The summed E-state index contributed by atoms with van der Waals surface area (Å²) in [7, 11) is -3.31. The molecule has 1 aliphatic carbocycles. The summed E-state index contributed by atoms with van der Waals surface area (Å²) in [6.45, 7) is 6.28. The van der Waals surface area contributed by atoms with E-state index in [1.807, 2.05) is 6.92 Å². The summed E-state index contributed by atoms with van der Waals surface area (Å²) in [5.41, 5.74) is 0. The lowest BCUT2D eigenvalue weighted by atomic mass is 10.1. The molecule has 3 atom stereocenters. The van der Waals surface area contributed by atoms with Crippen molar-refractivity contribution >= 4 is 40.0 Å². The number of hydrogen-bond acceptors (Lipinski definition) is 4. The second kappa shape index (κ2) is 10.8. The fourth-order valence-corrected chi connectivity index (χ4v) is 3.47. The van der Waals surface area contributed by atoms with Gasteiger partial charge in [-0.25, -0.2) is 13.1 Å². The summed E-state index contributed by atoms with van der Waals surface area (Å²) >= 11 is 0. The molecule has 1 aliphatic heterocycles. The standard InChI is InChI=1S/C15H30N4O3S.HI/c1-3-16-15(19-14-10-12(14)2)17-7-9-23(20,21)18-11-13-6-4-5-8-22-13;/h12-14,18H,3-11H2,1-2H3,(H2,16,17,19);1H. The Morgan fingerprint density at radius 3 is 2.67 bits per heavy atom. The van der Waals surface area contributed by atoms with Crippen LogP contribution < -0.4 is 15.4 Å². The molecule has 0 radical (unpaired) electrons. The molecule has 2 aliphatic rings. The molecule has 0 amide bonds. The zero-order valence-corrected chi connectivity index (χ0v) is 17.7. The molecule has 1 heterocycles. The summed E-state index contributed by atoms with van der Waals surface area (Å²) in [4.78, 5) is 4.35. The first-order valence-electron chi connectivity index (χ1n) is 8.64. The summed E-state index contributed by atoms with van der Waals surface area (Å²) in [5.74, 6) is 1.36. The van der Waals surface area contributed by atoms with Crippen molar-refractivity contribution in [3.8, 4) is 0 Å². The number of ether oxygens (including phenoxy) is 1. The van der Waals surface area contributed by atoms with Gasteiger partial charge in [-0.05, 0) is 38.5 Å². The lowest BCUT2D eigenvalue weighted by Gasteiger charge is -2.22. The molecule has 0 bridgehead atoms. The molecule has 0 aromatic heterocycles. The Hall–Kier alpha value is -0.130. The molecule has 1 saturated carbocycles. The van der Waals surface area contributed by atoms with Crippen molar-refractivity contribution < 1.29 is 13.2 Å². The van der Waals surface area contributed by atoms with Crippen LogP contribution in [0, 0.1) is 5.92 Å². The quantitative estimate of drug-likeness (QED) is 0.278. The maximum atomic E-state index is 12.0. The topological polar surface area (TPSA) is 91.8 Å². The van der Waals surface area contributed by atoms with Crippen LogP contribution in [0.15, 0.2) is 4.99 Å². The number of halogens is 1. The summed E-state index contributed by atoms with van der Waals surface area (Å²) in [6, 6.07) is 0.464. The van der Waals surface area contributed by atoms with E-state index in [1.54, 1.807) is 0 Å². The van der Waals surface area contributed by atoms with Gasteiger partial charge in [-0.15, -0.1) is 24.0 Å².